The summed E-state index contributed by atoms with van der Waals surface area (Å²) in [7, 11) is 0. The van der Waals surface area contributed by atoms with Gasteiger partial charge in [-0.3, -0.25) is 9.69 Å². The predicted octanol–water partition coefficient (Wildman–Crippen LogP) is 3.36. The molecule has 19 heavy (non-hydrogen) atoms. The Morgan fingerprint density at radius 1 is 1.16 bits per heavy atom. The van der Waals surface area contributed by atoms with Gasteiger partial charge in [0.1, 0.15) is 0 Å². The van der Waals surface area contributed by atoms with E-state index in [1.807, 2.05) is 23.1 Å². The molecule has 0 unspecified atom stereocenters. The number of rotatable bonds is 3. The fourth-order valence-electron chi connectivity index (χ4n) is 2.13. The highest BCUT2D eigenvalue weighted by molar-refractivity contribution is 9.11. The number of piperazine rings is 1. The van der Waals surface area contributed by atoms with E-state index < -0.39 is 0 Å². The predicted molar refractivity (Wildman–Crippen MR) is 88.0 cm³/mol. The molecular weight excluding hydrogens is 440 g/mol. The smallest absolute Gasteiger partial charge is 0.255 e. The molecule has 1 aromatic rings. The van der Waals surface area contributed by atoms with Gasteiger partial charge >= 0.3 is 0 Å². The molecule has 1 aliphatic rings. The zero-order chi connectivity index (χ0) is 13.8. The second-order valence-corrected chi connectivity index (χ2v) is 7.01. The van der Waals surface area contributed by atoms with Crippen LogP contribution in [0.25, 0.3) is 0 Å². The maximum atomic E-state index is 12.5. The van der Waals surface area contributed by atoms with Gasteiger partial charge in [-0.2, -0.15) is 0 Å². The molecule has 0 radical (unpaired) electrons. The van der Waals surface area contributed by atoms with E-state index in [0.29, 0.717) is 0 Å². The van der Waals surface area contributed by atoms with Crippen molar-refractivity contribution < 1.29 is 4.79 Å². The lowest BCUT2D eigenvalue weighted by Crippen LogP contribution is -2.49. The third-order valence-electron chi connectivity index (χ3n) is 3.22. The van der Waals surface area contributed by atoms with Gasteiger partial charge in [0.15, 0.2) is 0 Å². The highest BCUT2D eigenvalue weighted by atomic mass is 79.9. The van der Waals surface area contributed by atoms with Crippen molar-refractivity contribution >= 4 is 53.7 Å². The molecule has 1 amide bonds. The molecule has 0 spiro atoms. The second kappa shape index (κ2) is 7.20. The van der Waals surface area contributed by atoms with Crippen molar-refractivity contribution in [2.45, 2.75) is 0 Å². The molecule has 6 heteroatoms. The van der Waals surface area contributed by atoms with Gasteiger partial charge in [-0.25, -0.2) is 0 Å². The molecule has 0 saturated carbocycles. The summed E-state index contributed by atoms with van der Waals surface area (Å²) in [6, 6.07) is 5.70. The van der Waals surface area contributed by atoms with Gasteiger partial charge in [-0.05, 0) is 34.1 Å². The molecule has 0 atom stereocenters. The summed E-state index contributed by atoms with van der Waals surface area (Å²) in [6.45, 7) is 4.53. The summed E-state index contributed by atoms with van der Waals surface area (Å²) in [5, 5.41) is 0.984. The first-order valence-corrected chi connectivity index (χ1v) is 8.85. The van der Waals surface area contributed by atoms with Gasteiger partial charge in [0.05, 0.1) is 5.56 Å². The number of carbonyl (C=O) groups excluding carboxylic acids is 1. The fourth-order valence-corrected chi connectivity index (χ4v) is 3.40. The highest BCUT2D eigenvalue weighted by Gasteiger charge is 2.23. The Balaban J connectivity index is 2.03. The van der Waals surface area contributed by atoms with Crippen LogP contribution in [0.3, 0.4) is 0 Å². The molecule has 3 nitrogen and oxygen atoms in total. The van der Waals surface area contributed by atoms with E-state index in [1.165, 1.54) is 0 Å². The molecule has 2 rings (SSSR count). The molecular formula is C13H15Br3N2O. The average molecular weight is 455 g/mol. The van der Waals surface area contributed by atoms with E-state index in [4.69, 9.17) is 0 Å². The van der Waals surface area contributed by atoms with E-state index in [0.717, 1.165) is 52.6 Å². The van der Waals surface area contributed by atoms with E-state index in [1.54, 1.807) is 0 Å². The lowest BCUT2D eigenvalue weighted by molar-refractivity contribution is 0.0644. The second-order valence-electron chi connectivity index (χ2n) is 4.45. The van der Waals surface area contributed by atoms with Crippen LogP contribution in [-0.2, 0) is 0 Å². The van der Waals surface area contributed by atoms with Crippen LogP contribution in [0.15, 0.2) is 27.1 Å². The Kier molecular flexibility index (Phi) is 5.87. The fraction of sp³-hybridized carbons (Fsp3) is 0.462. The molecule has 1 aliphatic heterocycles. The molecule has 0 aromatic heterocycles. The Labute approximate surface area is 138 Å². The Morgan fingerprint density at radius 3 is 2.47 bits per heavy atom. The molecule has 1 aromatic carbocycles. The number of nitrogens with zero attached hydrogens (tertiary/aromatic N) is 2. The number of hydrogen-bond donors (Lipinski definition) is 0. The largest absolute Gasteiger partial charge is 0.336 e. The number of halogens is 3. The summed E-state index contributed by atoms with van der Waals surface area (Å²) >= 11 is 10.3. The van der Waals surface area contributed by atoms with Crippen LogP contribution in [0, 0.1) is 0 Å². The van der Waals surface area contributed by atoms with Crippen molar-refractivity contribution in [2.75, 3.05) is 38.1 Å². The van der Waals surface area contributed by atoms with Crippen molar-refractivity contribution in [3.63, 3.8) is 0 Å². The first-order chi connectivity index (χ1) is 9.11. The number of alkyl halides is 1. The van der Waals surface area contributed by atoms with Crippen molar-refractivity contribution in [3.8, 4) is 0 Å². The number of carbonyl (C=O) groups is 1. The molecule has 0 bridgehead atoms. The molecule has 0 aliphatic carbocycles. The van der Waals surface area contributed by atoms with Crippen LogP contribution in [0.4, 0.5) is 0 Å². The number of amides is 1. The van der Waals surface area contributed by atoms with E-state index >= 15 is 0 Å². The van der Waals surface area contributed by atoms with Crippen LogP contribution in [0.5, 0.6) is 0 Å². The zero-order valence-corrected chi connectivity index (χ0v) is 15.2. The standard InChI is InChI=1S/C13H15Br3N2O/c14-3-4-17-5-7-18(8-6-17)13(19)11-9-10(15)1-2-12(11)16/h1-2,9H,3-8H2. The van der Waals surface area contributed by atoms with Crippen molar-refractivity contribution in [1.29, 1.82) is 0 Å². The van der Waals surface area contributed by atoms with Gasteiger partial charge in [0.2, 0.25) is 0 Å². The van der Waals surface area contributed by atoms with Gasteiger partial charge in [-0.1, -0.05) is 31.9 Å². The van der Waals surface area contributed by atoms with Crippen LogP contribution in [-0.4, -0.2) is 53.8 Å². The van der Waals surface area contributed by atoms with Gasteiger partial charge < -0.3 is 4.90 Å². The SMILES string of the molecule is O=C(c1cc(Br)ccc1Br)N1CCN(CCBr)CC1. The normalized spacial score (nSPS) is 16.7. The Morgan fingerprint density at radius 2 is 1.84 bits per heavy atom. The molecule has 104 valence electrons. The third-order valence-corrected chi connectivity index (χ3v) is 4.76. The van der Waals surface area contributed by atoms with E-state index in [9.17, 15) is 4.79 Å². The summed E-state index contributed by atoms with van der Waals surface area (Å²) < 4.78 is 1.78. The minimum absolute atomic E-state index is 0.103. The monoisotopic (exact) mass is 452 g/mol. The lowest BCUT2D eigenvalue weighted by atomic mass is 10.2. The molecule has 0 N–H and O–H groups in total. The topological polar surface area (TPSA) is 23.6 Å². The average Bonchev–Trinajstić information content (AvgIpc) is 2.42. The zero-order valence-electron chi connectivity index (χ0n) is 10.4. The Bertz CT molecular complexity index is 459. The van der Waals surface area contributed by atoms with Crippen molar-refractivity contribution in [1.82, 2.24) is 9.80 Å². The first kappa shape index (κ1) is 15.5. The summed E-state index contributed by atoms with van der Waals surface area (Å²) in [5.74, 6) is 0.103. The van der Waals surface area contributed by atoms with Crippen molar-refractivity contribution in [2.24, 2.45) is 0 Å². The van der Waals surface area contributed by atoms with Gasteiger partial charge in [-0.15, -0.1) is 0 Å². The van der Waals surface area contributed by atoms with Crippen LogP contribution >= 0.6 is 47.8 Å². The highest BCUT2D eigenvalue weighted by Crippen LogP contribution is 2.23. The minimum Gasteiger partial charge on any atom is -0.336 e. The van der Waals surface area contributed by atoms with Crippen LogP contribution in [0.1, 0.15) is 10.4 Å². The maximum absolute atomic E-state index is 12.5. The number of hydrogen-bond acceptors (Lipinski definition) is 2. The number of benzene rings is 1. The van der Waals surface area contributed by atoms with Crippen LogP contribution < -0.4 is 0 Å². The van der Waals surface area contributed by atoms with E-state index in [-0.39, 0.29) is 5.91 Å². The van der Waals surface area contributed by atoms with Crippen molar-refractivity contribution in [3.05, 3.63) is 32.7 Å². The first-order valence-electron chi connectivity index (χ1n) is 6.14. The van der Waals surface area contributed by atoms with E-state index in [2.05, 4.69) is 52.7 Å². The summed E-state index contributed by atoms with van der Waals surface area (Å²) in [4.78, 5) is 16.8. The lowest BCUT2D eigenvalue weighted by Gasteiger charge is -2.34. The van der Waals surface area contributed by atoms with Gasteiger partial charge in [0.25, 0.3) is 5.91 Å². The van der Waals surface area contributed by atoms with Crippen LogP contribution in [0.2, 0.25) is 0 Å². The Hall–Kier alpha value is 0.0900. The summed E-state index contributed by atoms with van der Waals surface area (Å²) in [6.07, 6.45) is 0. The quantitative estimate of drug-likeness (QED) is 0.654. The molecule has 1 fully saturated rings. The van der Waals surface area contributed by atoms with Gasteiger partial charge in [0, 0.05) is 47.0 Å². The minimum atomic E-state index is 0.103. The maximum Gasteiger partial charge on any atom is 0.255 e. The third kappa shape index (κ3) is 4.03. The molecule has 1 saturated heterocycles. The summed E-state index contributed by atoms with van der Waals surface area (Å²) in [5.41, 5.74) is 0.725. The molecule has 1 heterocycles.